The first-order valence-electron chi connectivity index (χ1n) is 26.9. The molecule has 0 saturated carbocycles. The van der Waals surface area contributed by atoms with Crippen molar-refractivity contribution < 1.29 is 28.6 Å². The molecule has 0 radical (unpaired) electrons. The zero-order valence-electron chi connectivity index (χ0n) is 40.9. The van der Waals surface area contributed by atoms with E-state index in [1.807, 2.05) is 0 Å². The molecule has 6 nitrogen and oxygen atoms in total. The highest BCUT2D eigenvalue weighted by molar-refractivity contribution is 5.71. The van der Waals surface area contributed by atoms with Gasteiger partial charge in [0, 0.05) is 19.3 Å². The fraction of sp³-hybridized carbons (Fsp3) is 0.944. The molecule has 0 bridgehead atoms. The summed E-state index contributed by atoms with van der Waals surface area (Å²) in [5.41, 5.74) is 0. The van der Waals surface area contributed by atoms with E-state index in [4.69, 9.17) is 14.2 Å². The minimum Gasteiger partial charge on any atom is -0.462 e. The van der Waals surface area contributed by atoms with E-state index in [0.29, 0.717) is 19.3 Å². The smallest absolute Gasteiger partial charge is 0.306 e. The van der Waals surface area contributed by atoms with Gasteiger partial charge >= 0.3 is 17.9 Å². The number of ether oxygens (including phenoxy) is 3. The van der Waals surface area contributed by atoms with Gasteiger partial charge in [-0.25, -0.2) is 0 Å². The van der Waals surface area contributed by atoms with Crippen LogP contribution in [0, 0.1) is 5.92 Å². The lowest BCUT2D eigenvalue weighted by molar-refractivity contribution is -0.167. The molecule has 1 atom stereocenters. The lowest BCUT2D eigenvalue weighted by atomic mass is 10.0. The molecule has 0 saturated heterocycles. The summed E-state index contributed by atoms with van der Waals surface area (Å²) in [7, 11) is 0. The largest absolute Gasteiger partial charge is 0.462 e. The summed E-state index contributed by atoms with van der Waals surface area (Å²) in [6.45, 7) is 9.04. The third-order valence-electron chi connectivity index (χ3n) is 12.3. The number of hydrogen-bond acceptors (Lipinski definition) is 6. The van der Waals surface area contributed by atoms with E-state index in [1.165, 1.54) is 199 Å². The van der Waals surface area contributed by atoms with Crippen molar-refractivity contribution in [2.24, 2.45) is 5.92 Å². The molecule has 0 aromatic rings. The molecule has 0 aliphatic rings. The van der Waals surface area contributed by atoms with Crippen LogP contribution in [0.3, 0.4) is 0 Å². The van der Waals surface area contributed by atoms with Gasteiger partial charge in [-0.15, -0.1) is 0 Å². The lowest BCUT2D eigenvalue weighted by Crippen LogP contribution is -2.30. The van der Waals surface area contributed by atoms with Crippen molar-refractivity contribution in [2.75, 3.05) is 13.2 Å². The van der Waals surface area contributed by atoms with E-state index in [-0.39, 0.29) is 31.1 Å². The minimum atomic E-state index is -0.760. The van der Waals surface area contributed by atoms with Crippen molar-refractivity contribution in [1.82, 2.24) is 0 Å². The molecule has 60 heavy (non-hydrogen) atoms. The van der Waals surface area contributed by atoms with E-state index >= 15 is 0 Å². The Labute approximate surface area is 374 Å². The maximum absolute atomic E-state index is 12.8. The van der Waals surface area contributed by atoms with Crippen molar-refractivity contribution in [3.8, 4) is 0 Å². The lowest BCUT2D eigenvalue weighted by Gasteiger charge is -2.18. The fourth-order valence-corrected chi connectivity index (χ4v) is 8.22. The summed E-state index contributed by atoms with van der Waals surface area (Å²) in [5.74, 6) is -0.00318. The third kappa shape index (κ3) is 47.5. The van der Waals surface area contributed by atoms with Crippen LogP contribution >= 0.6 is 0 Å². The Balaban J connectivity index is 4.29. The van der Waals surface area contributed by atoms with Crippen LogP contribution < -0.4 is 0 Å². The summed E-state index contributed by atoms with van der Waals surface area (Å²) in [5, 5.41) is 0. The van der Waals surface area contributed by atoms with Crippen LogP contribution in [0.1, 0.15) is 304 Å². The minimum absolute atomic E-state index is 0.0623. The standard InChI is InChI=1S/C54H104O6/c1-5-7-9-11-13-15-17-18-19-22-26-30-34-38-42-46-53(56)59-49-51(48-58-52(55)45-41-37-33-29-24-16-14-12-10-8-6-2)60-54(57)47-43-39-35-31-27-23-20-21-25-28-32-36-40-44-50(3)4/h50-51H,5-49H2,1-4H3/t51-/m0/s1. The van der Waals surface area contributed by atoms with Crippen molar-refractivity contribution >= 4 is 17.9 Å². The van der Waals surface area contributed by atoms with Gasteiger partial charge in [0.15, 0.2) is 6.10 Å². The van der Waals surface area contributed by atoms with Crippen LogP contribution in [0.5, 0.6) is 0 Å². The second-order valence-electron chi connectivity index (χ2n) is 19.0. The van der Waals surface area contributed by atoms with Gasteiger partial charge < -0.3 is 14.2 Å². The van der Waals surface area contributed by atoms with Crippen LogP contribution in [0.25, 0.3) is 0 Å². The van der Waals surface area contributed by atoms with Crippen molar-refractivity contribution in [2.45, 2.75) is 310 Å². The quantitative estimate of drug-likeness (QED) is 0.0345. The molecule has 0 rings (SSSR count). The predicted molar refractivity (Wildman–Crippen MR) is 257 cm³/mol. The highest BCUT2D eigenvalue weighted by atomic mass is 16.6. The molecule has 0 aromatic carbocycles. The summed E-state index contributed by atoms with van der Waals surface area (Å²) in [4.78, 5) is 38.0. The predicted octanol–water partition coefficient (Wildman–Crippen LogP) is 17.5. The Bertz CT molecular complexity index is 903. The molecule has 0 amide bonds. The molecule has 0 unspecified atom stereocenters. The van der Waals surface area contributed by atoms with Crippen molar-refractivity contribution in [3.05, 3.63) is 0 Å². The van der Waals surface area contributed by atoms with E-state index in [2.05, 4.69) is 27.7 Å². The zero-order chi connectivity index (χ0) is 43.8. The zero-order valence-corrected chi connectivity index (χ0v) is 40.9. The van der Waals surface area contributed by atoms with Gasteiger partial charge in [-0.3, -0.25) is 14.4 Å². The van der Waals surface area contributed by atoms with Gasteiger partial charge in [0.05, 0.1) is 0 Å². The van der Waals surface area contributed by atoms with Crippen LogP contribution in [-0.2, 0) is 28.6 Å². The van der Waals surface area contributed by atoms with Gasteiger partial charge in [-0.05, 0) is 25.2 Å². The summed E-state index contributed by atoms with van der Waals surface area (Å²) >= 11 is 0. The molecule has 6 heteroatoms. The maximum atomic E-state index is 12.8. The Kier molecular flexibility index (Phi) is 47.2. The molecule has 356 valence electrons. The summed E-state index contributed by atoms with van der Waals surface area (Å²) in [6.07, 6.45) is 50.8. The number of unbranched alkanes of at least 4 members (excludes halogenated alkanes) is 36. The fourth-order valence-electron chi connectivity index (χ4n) is 8.22. The summed E-state index contributed by atoms with van der Waals surface area (Å²) < 4.78 is 16.8. The molecule has 0 fully saturated rings. The van der Waals surface area contributed by atoms with Gasteiger partial charge in [0.2, 0.25) is 0 Å². The number of carbonyl (C=O) groups is 3. The van der Waals surface area contributed by atoms with E-state index in [0.717, 1.165) is 63.7 Å². The van der Waals surface area contributed by atoms with Crippen LogP contribution in [-0.4, -0.2) is 37.2 Å². The average Bonchev–Trinajstić information content (AvgIpc) is 3.23. The first-order chi connectivity index (χ1) is 29.4. The highest BCUT2D eigenvalue weighted by Crippen LogP contribution is 2.17. The normalized spacial score (nSPS) is 11.9. The van der Waals surface area contributed by atoms with E-state index in [1.54, 1.807) is 0 Å². The van der Waals surface area contributed by atoms with Crippen molar-refractivity contribution in [3.63, 3.8) is 0 Å². The molecule has 0 aliphatic carbocycles. The van der Waals surface area contributed by atoms with Crippen LogP contribution in [0.4, 0.5) is 0 Å². The molecule has 0 heterocycles. The van der Waals surface area contributed by atoms with E-state index < -0.39 is 6.10 Å². The van der Waals surface area contributed by atoms with E-state index in [9.17, 15) is 14.4 Å². The molecule has 0 spiro atoms. The van der Waals surface area contributed by atoms with Gasteiger partial charge in [0.25, 0.3) is 0 Å². The Morgan fingerprint density at radius 3 is 0.817 bits per heavy atom. The second kappa shape index (κ2) is 48.4. The Hall–Kier alpha value is -1.59. The SMILES string of the molecule is CCCCCCCCCCCCCCCCCC(=O)OC[C@H](COC(=O)CCCCCCCCCCCCC)OC(=O)CCCCCCCCCCCCCCCC(C)C. The molecular weight excluding hydrogens is 745 g/mol. The summed E-state index contributed by atoms with van der Waals surface area (Å²) in [6, 6.07) is 0. The van der Waals surface area contributed by atoms with Gasteiger partial charge in [0.1, 0.15) is 13.2 Å². The van der Waals surface area contributed by atoms with Crippen molar-refractivity contribution in [1.29, 1.82) is 0 Å². The molecular formula is C54H104O6. The van der Waals surface area contributed by atoms with Gasteiger partial charge in [-0.2, -0.15) is 0 Å². The first kappa shape index (κ1) is 58.4. The number of hydrogen-bond donors (Lipinski definition) is 0. The first-order valence-corrected chi connectivity index (χ1v) is 26.9. The molecule has 0 aliphatic heterocycles. The maximum Gasteiger partial charge on any atom is 0.306 e. The third-order valence-corrected chi connectivity index (χ3v) is 12.3. The number of carbonyl (C=O) groups excluding carboxylic acids is 3. The number of esters is 3. The topological polar surface area (TPSA) is 78.9 Å². The Morgan fingerprint density at radius 1 is 0.317 bits per heavy atom. The van der Waals surface area contributed by atoms with Crippen LogP contribution in [0.15, 0.2) is 0 Å². The second-order valence-corrected chi connectivity index (χ2v) is 19.0. The van der Waals surface area contributed by atoms with Gasteiger partial charge in [-0.1, -0.05) is 265 Å². The average molecular weight is 849 g/mol. The Morgan fingerprint density at radius 2 is 0.550 bits per heavy atom. The highest BCUT2D eigenvalue weighted by Gasteiger charge is 2.19. The molecule has 0 N–H and O–H groups in total. The monoisotopic (exact) mass is 849 g/mol. The van der Waals surface area contributed by atoms with Crippen LogP contribution in [0.2, 0.25) is 0 Å². The number of rotatable bonds is 49. The molecule has 0 aromatic heterocycles.